The van der Waals surface area contributed by atoms with E-state index >= 15 is 0 Å². The van der Waals surface area contributed by atoms with Crippen LogP contribution in [0.25, 0.3) is 0 Å². The number of likely N-dealkylation sites (N-methyl/N-ethyl adjacent to an activating group) is 1. The maximum atomic E-state index is 10.5. The topological polar surface area (TPSA) is 20.3 Å². The SMILES string of the molecule is C=C/C=C(\C=C/C)C(C)N(C)C=O. The van der Waals surface area contributed by atoms with Crippen LogP contribution in [-0.2, 0) is 4.79 Å². The molecule has 0 aliphatic heterocycles. The molecular weight excluding hydrogens is 162 g/mol. The third-order valence-electron chi connectivity index (χ3n) is 1.93. The summed E-state index contributed by atoms with van der Waals surface area (Å²) in [5.74, 6) is 0. The van der Waals surface area contributed by atoms with Gasteiger partial charge in [-0.2, -0.15) is 0 Å². The first-order chi connectivity index (χ1) is 6.17. The van der Waals surface area contributed by atoms with Crippen LogP contribution in [0.5, 0.6) is 0 Å². The Morgan fingerprint density at radius 3 is 2.54 bits per heavy atom. The normalized spacial score (nSPS) is 14.2. The van der Waals surface area contributed by atoms with Gasteiger partial charge in [-0.3, -0.25) is 4.79 Å². The summed E-state index contributed by atoms with van der Waals surface area (Å²) in [6.45, 7) is 7.56. The van der Waals surface area contributed by atoms with Gasteiger partial charge in [-0.25, -0.2) is 0 Å². The Bertz CT molecular complexity index is 228. The van der Waals surface area contributed by atoms with Gasteiger partial charge >= 0.3 is 0 Å². The number of rotatable bonds is 5. The molecule has 0 aliphatic carbocycles. The van der Waals surface area contributed by atoms with Crippen LogP contribution in [0.15, 0.2) is 36.5 Å². The first-order valence-electron chi connectivity index (χ1n) is 4.29. The largest absolute Gasteiger partial charge is 0.342 e. The fourth-order valence-electron chi connectivity index (χ4n) is 0.989. The summed E-state index contributed by atoms with van der Waals surface area (Å²) >= 11 is 0. The lowest BCUT2D eigenvalue weighted by atomic mass is 10.1. The molecule has 0 fully saturated rings. The summed E-state index contributed by atoms with van der Waals surface area (Å²) in [6, 6.07) is 0.0895. The van der Waals surface area contributed by atoms with E-state index in [1.54, 1.807) is 18.0 Å². The number of hydrogen-bond donors (Lipinski definition) is 0. The molecule has 0 radical (unpaired) electrons. The molecule has 72 valence electrons. The molecule has 0 aliphatic rings. The molecule has 0 bridgehead atoms. The lowest BCUT2D eigenvalue weighted by Crippen LogP contribution is -2.28. The molecule has 2 heteroatoms. The van der Waals surface area contributed by atoms with Crippen molar-refractivity contribution in [2.45, 2.75) is 19.9 Å². The maximum absolute atomic E-state index is 10.5. The second-order valence-corrected chi connectivity index (χ2v) is 2.85. The van der Waals surface area contributed by atoms with Gasteiger partial charge in [-0.15, -0.1) is 0 Å². The van der Waals surface area contributed by atoms with Crippen LogP contribution >= 0.6 is 0 Å². The van der Waals surface area contributed by atoms with Gasteiger partial charge in [0.1, 0.15) is 0 Å². The number of carbonyl (C=O) groups is 1. The fourth-order valence-corrected chi connectivity index (χ4v) is 0.989. The highest BCUT2D eigenvalue weighted by molar-refractivity contribution is 5.49. The summed E-state index contributed by atoms with van der Waals surface area (Å²) in [7, 11) is 1.76. The quantitative estimate of drug-likeness (QED) is 0.468. The van der Waals surface area contributed by atoms with Gasteiger partial charge < -0.3 is 4.90 Å². The van der Waals surface area contributed by atoms with Crippen LogP contribution < -0.4 is 0 Å². The van der Waals surface area contributed by atoms with Crippen LogP contribution in [0, 0.1) is 0 Å². The molecule has 2 nitrogen and oxygen atoms in total. The van der Waals surface area contributed by atoms with Crippen molar-refractivity contribution in [3.05, 3.63) is 36.5 Å². The molecular formula is C11H17NO. The monoisotopic (exact) mass is 179 g/mol. The van der Waals surface area contributed by atoms with Crippen molar-refractivity contribution >= 4 is 6.41 Å². The van der Waals surface area contributed by atoms with Crippen molar-refractivity contribution in [3.63, 3.8) is 0 Å². The van der Waals surface area contributed by atoms with Gasteiger partial charge in [-0.05, 0) is 19.4 Å². The van der Waals surface area contributed by atoms with Crippen molar-refractivity contribution in [3.8, 4) is 0 Å². The number of nitrogens with zero attached hydrogens (tertiary/aromatic N) is 1. The number of amides is 1. The Kier molecular flexibility index (Phi) is 5.60. The average Bonchev–Trinajstić information content (AvgIpc) is 2.15. The van der Waals surface area contributed by atoms with Gasteiger partial charge in [-0.1, -0.05) is 30.9 Å². The van der Waals surface area contributed by atoms with E-state index in [0.717, 1.165) is 12.0 Å². The molecule has 0 saturated heterocycles. The smallest absolute Gasteiger partial charge is 0.209 e. The number of hydrogen-bond acceptors (Lipinski definition) is 1. The number of allylic oxidation sites excluding steroid dienone is 3. The summed E-state index contributed by atoms with van der Waals surface area (Å²) in [6.07, 6.45) is 8.39. The van der Waals surface area contributed by atoms with Crippen LogP contribution in [0.1, 0.15) is 13.8 Å². The molecule has 0 saturated carbocycles. The zero-order chi connectivity index (χ0) is 10.3. The molecule has 1 amide bonds. The van der Waals surface area contributed by atoms with E-state index in [0.29, 0.717) is 0 Å². The Morgan fingerprint density at radius 2 is 2.15 bits per heavy atom. The van der Waals surface area contributed by atoms with Crippen molar-refractivity contribution in [2.24, 2.45) is 0 Å². The molecule has 0 aromatic carbocycles. The maximum Gasteiger partial charge on any atom is 0.209 e. The van der Waals surface area contributed by atoms with Crippen LogP contribution in [-0.4, -0.2) is 24.4 Å². The van der Waals surface area contributed by atoms with Crippen molar-refractivity contribution in [1.82, 2.24) is 4.90 Å². The van der Waals surface area contributed by atoms with Gasteiger partial charge in [0.15, 0.2) is 0 Å². The first kappa shape index (κ1) is 11.7. The van der Waals surface area contributed by atoms with Crippen LogP contribution in [0.4, 0.5) is 0 Å². The van der Waals surface area contributed by atoms with E-state index in [-0.39, 0.29) is 6.04 Å². The van der Waals surface area contributed by atoms with E-state index in [1.807, 2.05) is 32.1 Å². The van der Waals surface area contributed by atoms with E-state index in [2.05, 4.69) is 6.58 Å². The van der Waals surface area contributed by atoms with E-state index in [9.17, 15) is 4.79 Å². The second-order valence-electron chi connectivity index (χ2n) is 2.85. The predicted molar refractivity (Wildman–Crippen MR) is 56.4 cm³/mol. The summed E-state index contributed by atoms with van der Waals surface area (Å²) < 4.78 is 0. The summed E-state index contributed by atoms with van der Waals surface area (Å²) in [5, 5.41) is 0. The Labute approximate surface area is 80.2 Å². The van der Waals surface area contributed by atoms with Gasteiger partial charge in [0, 0.05) is 7.05 Å². The lowest BCUT2D eigenvalue weighted by molar-refractivity contribution is -0.117. The molecule has 0 aromatic rings. The lowest BCUT2D eigenvalue weighted by Gasteiger charge is -2.21. The van der Waals surface area contributed by atoms with E-state index in [4.69, 9.17) is 0 Å². The zero-order valence-electron chi connectivity index (χ0n) is 8.53. The van der Waals surface area contributed by atoms with Gasteiger partial charge in [0.2, 0.25) is 6.41 Å². The van der Waals surface area contributed by atoms with E-state index < -0.39 is 0 Å². The minimum Gasteiger partial charge on any atom is -0.342 e. The standard InChI is InChI=1S/C11H17NO/c1-5-7-11(8-6-2)10(3)12(4)9-13/h5-10H,1H2,2-4H3/b8-6-,11-7+. The fraction of sp³-hybridized carbons (Fsp3) is 0.364. The Morgan fingerprint density at radius 1 is 1.54 bits per heavy atom. The molecule has 0 heterocycles. The van der Waals surface area contributed by atoms with Gasteiger partial charge in [0.25, 0.3) is 0 Å². The highest BCUT2D eigenvalue weighted by Gasteiger charge is 2.08. The van der Waals surface area contributed by atoms with E-state index in [1.165, 1.54) is 0 Å². The first-order valence-corrected chi connectivity index (χ1v) is 4.29. The minimum atomic E-state index is 0.0895. The molecule has 1 atom stereocenters. The highest BCUT2D eigenvalue weighted by Crippen LogP contribution is 2.09. The minimum absolute atomic E-state index is 0.0895. The number of carbonyl (C=O) groups excluding carboxylic acids is 1. The van der Waals surface area contributed by atoms with Crippen molar-refractivity contribution < 1.29 is 4.79 Å². The molecule has 1 unspecified atom stereocenters. The zero-order valence-corrected chi connectivity index (χ0v) is 8.53. The van der Waals surface area contributed by atoms with Crippen LogP contribution in [0.3, 0.4) is 0 Å². The predicted octanol–water partition coefficient (Wildman–Crippen LogP) is 2.15. The second kappa shape index (κ2) is 6.23. The Hall–Kier alpha value is -1.31. The Balaban J connectivity index is 4.63. The average molecular weight is 179 g/mol. The molecule has 0 spiro atoms. The molecule has 13 heavy (non-hydrogen) atoms. The molecule has 0 rings (SSSR count). The molecule has 0 N–H and O–H groups in total. The molecule has 0 aromatic heterocycles. The summed E-state index contributed by atoms with van der Waals surface area (Å²) in [5.41, 5.74) is 1.08. The van der Waals surface area contributed by atoms with Crippen LogP contribution in [0.2, 0.25) is 0 Å². The third-order valence-corrected chi connectivity index (χ3v) is 1.93. The third kappa shape index (κ3) is 3.74. The van der Waals surface area contributed by atoms with Crippen molar-refractivity contribution in [1.29, 1.82) is 0 Å². The highest BCUT2D eigenvalue weighted by atomic mass is 16.1. The summed E-state index contributed by atoms with van der Waals surface area (Å²) in [4.78, 5) is 12.1. The van der Waals surface area contributed by atoms with Gasteiger partial charge in [0.05, 0.1) is 6.04 Å². The van der Waals surface area contributed by atoms with Crippen molar-refractivity contribution in [2.75, 3.05) is 7.05 Å².